The van der Waals surface area contributed by atoms with Crippen molar-refractivity contribution in [1.82, 2.24) is 0 Å². The third-order valence-electron chi connectivity index (χ3n) is 4.19. The third-order valence-corrected chi connectivity index (χ3v) is 4.73. The van der Waals surface area contributed by atoms with Gasteiger partial charge in [-0.3, -0.25) is 0 Å². The standard InChI is InChI=1S/C19H16ClF7O2/c1-3-29-12-6-4-11(5-7-12)18(20,19(25,26)27)9-28-8-13-16(23)14(21)10(2)15(22)17(13)24/h4-7H,3,8-9H2,1-2H3. The van der Waals surface area contributed by atoms with Crippen molar-refractivity contribution in [1.29, 1.82) is 0 Å². The van der Waals surface area contributed by atoms with E-state index >= 15 is 0 Å². The van der Waals surface area contributed by atoms with Gasteiger partial charge in [0.25, 0.3) is 0 Å². The van der Waals surface area contributed by atoms with Crippen LogP contribution < -0.4 is 4.74 Å². The lowest BCUT2D eigenvalue weighted by molar-refractivity contribution is -0.179. The molecule has 0 saturated carbocycles. The third kappa shape index (κ3) is 4.61. The molecule has 0 saturated heterocycles. The van der Waals surface area contributed by atoms with E-state index in [1.54, 1.807) is 6.92 Å². The lowest BCUT2D eigenvalue weighted by Gasteiger charge is -2.30. The quantitative estimate of drug-likeness (QED) is 0.289. The Morgan fingerprint density at radius 2 is 1.41 bits per heavy atom. The van der Waals surface area contributed by atoms with Crippen LogP contribution in [0.15, 0.2) is 24.3 Å². The highest BCUT2D eigenvalue weighted by Gasteiger charge is 2.55. The highest BCUT2D eigenvalue weighted by molar-refractivity contribution is 6.24. The van der Waals surface area contributed by atoms with E-state index in [2.05, 4.69) is 0 Å². The van der Waals surface area contributed by atoms with Gasteiger partial charge in [-0.25, -0.2) is 17.6 Å². The van der Waals surface area contributed by atoms with Crippen molar-refractivity contribution in [2.24, 2.45) is 0 Å². The Labute approximate surface area is 167 Å². The van der Waals surface area contributed by atoms with Gasteiger partial charge in [-0.05, 0) is 31.5 Å². The summed E-state index contributed by atoms with van der Waals surface area (Å²) in [5.74, 6) is -6.47. The van der Waals surface area contributed by atoms with Crippen molar-refractivity contribution in [3.8, 4) is 5.75 Å². The summed E-state index contributed by atoms with van der Waals surface area (Å²) in [5, 5.41) is 0. The molecule has 2 aromatic carbocycles. The van der Waals surface area contributed by atoms with Gasteiger partial charge in [-0.1, -0.05) is 12.1 Å². The zero-order valence-corrected chi connectivity index (χ0v) is 16.0. The number of halogens is 8. The minimum atomic E-state index is -5.01. The summed E-state index contributed by atoms with van der Waals surface area (Å²) >= 11 is 5.78. The topological polar surface area (TPSA) is 18.5 Å². The fourth-order valence-electron chi connectivity index (χ4n) is 2.52. The van der Waals surface area contributed by atoms with Gasteiger partial charge in [-0.2, -0.15) is 13.2 Å². The van der Waals surface area contributed by atoms with Crippen molar-refractivity contribution in [3.05, 3.63) is 64.2 Å². The normalized spacial score (nSPS) is 14.0. The first-order valence-corrected chi connectivity index (χ1v) is 8.70. The number of ether oxygens (including phenoxy) is 2. The van der Waals surface area contributed by atoms with Gasteiger partial charge >= 0.3 is 6.18 Å². The summed E-state index contributed by atoms with van der Waals surface area (Å²) in [6.07, 6.45) is -5.01. The van der Waals surface area contributed by atoms with E-state index < -0.39 is 64.2 Å². The molecule has 0 aliphatic carbocycles. The maximum absolute atomic E-state index is 13.9. The Kier molecular flexibility index (Phi) is 7.06. The number of alkyl halides is 4. The van der Waals surface area contributed by atoms with Crippen molar-refractivity contribution < 1.29 is 40.2 Å². The SMILES string of the molecule is CCOc1ccc(C(Cl)(COCc2c(F)c(F)c(C)c(F)c2F)C(F)(F)F)cc1. The molecular formula is C19H16ClF7O2. The van der Waals surface area contributed by atoms with Gasteiger partial charge in [0.2, 0.25) is 0 Å². The molecule has 29 heavy (non-hydrogen) atoms. The van der Waals surface area contributed by atoms with E-state index in [0.29, 0.717) is 12.4 Å². The molecule has 0 amide bonds. The van der Waals surface area contributed by atoms with E-state index in [1.807, 2.05) is 0 Å². The van der Waals surface area contributed by atoms with Crippen LogP contribution in [-0.2, 0) is 16.2 Å². The Morgan fingerprint density at radius 1 is 0.897 bits per heavy atom. The average molecular weight is 445 g/mol. The molecule has 2 nitrogen and oxygen atoms in total. The lowest BCUT2D eigenvalue weighted by atomic mass is 9.98. The van der Waals surface area contributed by atoms with Crippen LogP contribution >= 0.6 is 11.6 Å². The van der Waals surface area contributed by atoms with E-state index in [-0.39, 0.29) is 0 Å². The number of benzene rings is 2. The van der Waals surface area contributed by atoms with Crippen LogP contribution in [0.2, 0.25) is 0 Å². The zero-order chi connectivity index (χ0) is 22.0. The first kappa shape index (κ1) is 23.3. The minimum Gasteiger partial charge on any atom is -0.494 e. The molecular weight excluding hydrogens is 429 g/mol. The molecule has 0 spiro atoms. The smallest absolute Gasteiger partial charge is 0.413 e. The summed E-state index contributed by atoms with van der Waals surface area (Å²) < 4.78 is 106. The number of rotatable bonds is 7. The Bertz CT molecular complexity index is 839. The summed E-state index contributed by atoms with van der Waals surface area (Å²) in [7, 11) is 0. The van der Waals surface area contributed by atoms with E-state index in [1.165, 1.54) is 12.1 Å². The molecule has 1 atom stereocenters. The summed E-state index contributed by atoms with van der Waals surface area (Å²) in [6.45, 7) is 0.392. The summed E-state index contributed by atoms with van der Waals surface area (Å²) in [4.78, 5) is -3.06. The second-order valence-electron chi connectivity index (χ2n) is 6.11. The molecule has 0 radical (unpaired) electrons. The van der Waals surface area contributed by atoms with Crippen molar-refractivity contribution >= 4 is 11.6 Å². The predicted octanol–water partition coefficient (Wildman–Crippen LogP) is 6.16. The molecule has 0 aliphatic heterocycles. The summed E-state index contributed by atoms with van der Waals surface area (Å²) in [6, 6.07) is 4.68. The zero-order valence-electron chi connectivity index (χ0n) is 15.3. The molecule has 0 fully saturated rings. The summed E-state index contributed by atoms with van der Waals surface area (Å²) in [5.41, 5.74) is -2.46. The second kappa shape index (κ2) is 8.79. The maximum atomic E-state index is 13.9. The van der Waals surface area contributed by atoms with Gasteiger partial charge in [-0.15, -0.1) is 11.6 Å². The van der Waals surface area contributed by atoms with Gasteiger partial charge < -0.3 is 9.47 Å². The second-order valence-corrected chi connectivity index (χ2v) is 6.75. The largest absolute Gasteiger partial charge is 0.494 e. The van der Waals surface area contributed by atoms with Crippen molar-refractivity contribution in [3.63, 3.8) is 0 Å². The first-order chi connectivity index (χ1) is 13.4. The number of hydrogen-bond acceptors (Lipinski definition) is 2. The van der Waals surface area contributed by atoms with Crippen LogP contribution in [0, 0.1) is 30.2 Å². The Balaban J connectivity index is 2.27. The van der Waals surface area contributed by atoms with Crippen LogP contribution in [-0.4, -0.2) is 19.4 Å². The monoisotopic (exact) mass is 444 g/mol. The molecule has 1 unspecified atom stereocenters. The maximum Gasteiger partial charge on any atom is 0.413 e. The molecule has 0 bridgehead atoms. The molecule has 0 aliphatic rings. The molecule has 2 rings (SSSR count). The minimum absolute atomic E-state index is 0.300. The molecule has 10 heteroatoms. The van der Waals surface area contributed by atoms with Gasteiger partial charge in [0, 0.05) is 5.56 Å². The predicted molar refractivity (Wildman–Crippen MR) is 91.9 cm³/mol. The highest BCUT2D eigenvalue weighted by Crippen LogP contribution is 2.45. The van der Waals surface area contributed by atoms with Crippen molar-refractivity contribution in [2.75, 3.05) is 13.2 Å². The van der Waals surface area contributed by atoms with Crippen LogP contribution in [0.4, 0.5) is 30.7 Å². The fourth-order valence-corrected chi connectivity index (χ4v) is 2.72. The van der Waals surface area contributed by atoms with E-state index in [0.717, 1.165) is 19.1 Å². The van der Waals surface area contributed by atoms with Crippen LogP contribution in [0.5, 0.6) is 5.75 Å². The van der Waals surface area contributed by atoms with Gasteiger partial charge in [0.15, 0.2) is 28.1 Å². The molecule has 2 aromatic rings. The fraction of sp³-hybridized carbons (Fsp3) is 0.368. The Hall–Kier alpha value is -2.00. The van der Waals surface area contributed by atoms with Crippen molar-refractivity contribution in [2.45, 2.75) is 31.5 Å². The molecule has 160 valence electrons. The first-order valence-electron chi connectivity index (χ1n) is 8.32. The van der Waals surface area contributed by atoms with Crippen LogP contribution in [0.1, 0.15) is 23.6 Å². The van der Waals surface area contributed by atoms with Gasteiger partial charge in [0.1, 0.15) is 5.75 Å². The van der Waals surface area contributed by atoms with Gasteiger partial charge in [0.05, 0.1) is 25.4 Å². The number of hydrogen-bond donors (Lipinski definition) is 0. The molecule has 0 N–H and O–H groups in total. The highest BCUT2D eigenvalue weighted by atomic mass is 35.5. The van der Waals surface area contributed by atoms with E-state index in [9.17, 15) is 30.7 Å². The Morgan fingerprint density at radius 3 is 1.86 bits per heavy atom. The van der Waals surface area contributed by atoms with Crippen LogP contribution in [0.25, 0.3) is 0 Å². The average Bonchev–Trinajstić information content (AvgIpc) is 2.67. The molecule has 0 aromatic heterocycles. The van der Waals surface area contributed by atoms with Crippen LogP contribution in [0.3, 0.4) is 0 Å². The van der Waals surface area contributed by atoms with E-state index in [4.69, 9.17) is 21.1 Å². The molecule has 0 heterocycles. The lowest BCUT2D eigenvalue weighted by Crippen LogP contribution is -2.41.